The van der Waals surface area contributed by atoms with Crippen molar-refractivity contribution in [2.45, 2.75) is 39.5 Å². The molecule has 0 saturated heterocycles. The lowest BCUT2D eigenvalue weighted by Gasteiger charge is -2.03. The van der Waals surface area contributed by atoms with E-state index in [4.69, 9.17) is 5.73 Å². The lowest BCUT2D eigenvalue weighted by atomic mass is 10.1. The smallest absolute Gasteiger partial charge is 0.153 e. The Labute approximate surface area is 94.7 Å². The van der Waals surface area contributed by atoms with Gasteiger partial charge in [-0.3, -0.25) is 0 Å². The van der Waals surface area contributed by atoms with Crippen molar-refractivity contribution in [3.05, 3.63) is 17.8 Å². The number of fused-ring (bicyclic) bond motifs is 1. The third-order valence-electron chi connectivity index (χ3n) is 2.58. The molecular weight excluding hydrogens is 202 g/mol. The lowest BCUT2D eigenvalue weighted by Crippen LogP contribution is -2.03. The fraction of sp³-hybridized carbons (Fsp3) is 0.545. The van der Waals surface area contributed by atoms with Crippen LogP contribution in [0.25, 0.3) is 5.52 Å². The molecule has 16 heavy (non-hydrogen) atoms. The summed E-state index contributed by atoms with van der Waals surface area (Å²) in [6.07, 6.45) is 1.47. The molecule has 2 N–H and O–H groups in total. The minimum atomic E-state index is 0.314. The fourth-order valence-corrected chi connectivity index (χ4v) is 1.78. The molecule has 2 rings (SSSR count). The van der Waals surface area contributed by atoms with E-state index < -0.39 is 0 Å². The van der Waals surface area contributed by atoms with E-state index in [1.807, 2.05) is 4.52 Å². The van der Waals surface area contributed by atoms with Crippen molar-refractivity contribution in [1.82, 2.24) is 19.6 Å². The molecule has 0 aromatic carbocycles. The van der Waals surface area contributed by atoms with Crippen LogP contribution in [0.5, 0.6) is 0 Å². The van der Waals surface area contributed by atoms with E-state index in [0.717, 1.165) is 17.0 Å². The Bertz CT molecular complexity index is 512. The van der Waals surface area contributed by atoms with Crippen LogP contribution in [0.15, 0.2) is 6.33 Å². The third kappa shape index (κ3) is 1.52. The van der Waals surface area contributed by atoms with Crippen molar-refractivity contribution in [3.63, 3.8) is 0 Å². The highest BCUT2D eigenvalue weighted by molar-refractivity contribution is 5.69. The lowest BCUT2D eigenvalue weighted by molar-refractivity contribution is 0.716. The molecule has 86 valence electrons. The number of nitrogens with two attached hydrogens (primary N) is 1. The number of nitrogen functional groups attached to an aromatic ring is 1. The molecule has 0 unspecified atom stereocenters. The standard InChI is InChI=1S/C11H17N5/c1-6(2)8-9-10(12)13-5-14-16(9)11(15-8)7(3)4/h5-7H,1-4H3,(H2,12,13,14). The second-order valence-electron chi connectivity index (χ2n) is 4.57. The number of nitrogens with zero attached hydrogens (tertiary/aromatic N) is 4. The number of imidazole rings is 1. The number of hydrogen-bond acceptors (Lipinski definition) is 4. The first-order chi connectivity index (χ1) is 7.52. The third-order valence-corrected chi connectivity index (χ3v) is 2.58. The van der Waals surface area contributed by atoms with Gasteiger partial charge in [-0.1, -0.05) is 27.7 Å². The van der Waals surface area contributed by atoms with Crippen LogP contribution in [-0.2, 0) is 0 Å². The molecule has 0 fully saturated rings. The van der Waals surface area contributed by atoms with Crippen molar-refractivity contribution in [2.24, 2.45) is 0 Å². The molecule has 0 radical (unpaired) electrons. The molecule has 0 aliphatic rings. The SMILES string of the molecule is CC(C)c1nc(C(C)C)n2ncnc(N)c12. The van der Waals surface area contributed by atoms with Crippen LogP contribution in [0.3, 0.4) is 0 Å². The van der Waals surface area contributed by atoms with Gasteiger partial charge < -0.3 is 5.73 Å². The highest BCUT2D eigenvalue weighted by Gasteiger charge is 2.18. The summed E-state index contributed by atoms with van der Waals surface area (Å²) in [5, 5.41) is 4.23. The maximum atomic E-state index is 5.90. The molecule has 2 aromatic rings. The molecule has 0 spiro atoms. The van der Waals surface area contributed by atoms with Crippen LogP contribution in [-0.4, -0.2) is 19.6 Å². The molecule has 5 nitrogen and oxygen atoms in total. The van der Waals surface area contributed by atoms with Gasteiger partial charge in [0.1, 0.15) is 17.7 Å². The van der Waals surface area contributed by atoms with Crippen molar-refractivity contribution in [3.8, 4) is 0 Å². The van der Waals surface area contributed by atoms with E-state index in [9.17, 15) is 0 Å². The Morgan fingerprint density at radius 2 is 1.88 bits per heavy atom. The van der Waals surface area contributed by atoms with Gasteiger partial charge in [-0.15, -0.1) is 0 Å². The van der Waals surface area contributed by atoms with Gasteiger partial charge in [-0.05, 0) is 5.92 Å². The maximum absolute atomic E-state index is 5.90. The van der Waals surface area contributed by atoms with E-state index >= 15 is 0 Å². The fourth-order valence-electron chi connectivity index (χ4n) is 1.78. The van der Waals surface area contributed by atoms with Crippen LogP contribution in [0.1, 0.15) is 51.0 Å². The van der Waals surface area contributed by atoms with Gasteiger partial charge in [0, 0.05) is 5.92 Å². The molecule has 0 atom stereocenters. The Hall–Kier alpha value is -1.65. The Kier molecular flexibility index (Phi) is 2.53. The van der Waals surface area contributed by atoms with Crippen molar-refractivity contribution >= 4 is 11.3 Å². The minimum absolute atomic E-state index is 0.314. The molecule has 0 amide bonds. The molecule has 0 aliphatic heterocycles. The summed E-state index contributed by atoms with van der Waals surface area (Å²) in [6, 6.07) is 0. The summed E-state index contributed by atoms with van der Waals surface area (Å²) in [5.74, 6) is 2.07. The van der Waals surface area contributed by atoms with Crippen LogP contribution < -0.4 is 5.73 Å². The summed E-state index contributed by atoms with van der Waals surface area (Å²) < 4.78 is 1.81. The number of rotatable bonds is 2. The van der Waals surface area contributed by atoms with E-state index in [1.165, 1.54) is 6.33 Å². The Morgan fingerprint density at radius 3 is 2.44 bits per heavy atom. The summed E-state index contributed by atoms with van der Waals surface area (Å²) >= 11 is 0. The van der Waals surface area contributed by atoms with Crippen molar-refractivity contribution < 1.29 is 0 Å². The Balaban J connectivity index is 2.82. The molecule has 2 aromatic heterocycles. The average molecular weight is 219 g/mol. The summed E-state index contributed by atoms with van der Waals surface area (Å²) in [7, 11) is 0. The highest BCUT2D eigenvalue weighted by atomic mass is 15.3. The van der Waals surface area contributed by atoms with E-state index in [1.54, 1.807) is 0 Å². The van der Waals surface area contributed by atoms with Crippen molar-refractivity contribution in [1.29, 1.82) is 0 Å². The first-order valence-corrected chi connectivity index (χ1v) is 5.51. The molecule has 2 heterocycles. The normalized spacial score (nSPS) is 11.9. The zero-order valence-electron chi connectivity index (χ0n) is 10.1. The van der Waals surface area contributed by atoms with Crippen LogP contribution in [0.2, 0.25) is 0 Å². The molecule has 0 aliphatic carbocycles. The summed E-state index contributed by atoms with van der Waals surface area (Å²) in [4.78, 5) is 8.66. The van der Waals surface area contributed by atoms with Crippen LogP contribution in [0, 0.1) is 0 Å². The Morgan fingerprint density at radius 1 is 1.19 bits per heavy atom. The number of hydrogen-bond donors (Lipinski definition) is 1. The van der Waals surface area contributed by atoms with Gasteiger partial charge >= 0.3 is 0 Å². The predicted octanol–water partition coefficient (Wildman–Crippen LogP) is 1.95. The summed E-state index contributed by atoms with van der Waals surface area (Å²) in [5.41, 5.74) is 7.72. The van der Waals surface area contributed by atoms with E-state index in [-0.39, 0.29) is 0 Å². The zero-order valence-corrected chi connectivity index (χ0v) is 10.1. The maximum Gasteiger partial charge on any atom is 0.153 e. The first kappa shape index (κ1) is 10.9. The predicted molar refractivity (Wildman–Crippen MR) is 63.4 cm³/mol. The van der Waals surface area contributed by atoms with Gasteiger partial charge in [0.15, 0.2) is 5.82 Å². The monoisotopic (exact) mass is 219 g/mol. The topological polar surface area (TPSA) is 69.1 Å². The van der Waals surface area contributed by atoms with Crippen molar-refractivity contribution in [2.75, 3.05) is 5.73 Å². The largest absolute Gasteiger partial charge is 0.382 e. The van der Waals surface area contributed by atoms with Crippen LogP contribution in [0.4, 0.5) is 5.82 Å². The van der Waals surface area contributed by atoms with Crippen LogP contribution >= 0.6 is 0 Å². The second kappa shape index (κ2) is 3.73. The van der Waals surface area contributed by atoms with Gasteiger partial charge in [0.25, 0.3) is 0 Å². The zero-order chi connectivity index (χ0) is 11.9. The minimum Gasteiger partial charge on any atom is -0.382 e. The molecule has 0 bridgehead atoms. The second-order valence-corrected chi connectivity index (χ2v) is 4.57. The van der Waals surface area contributed by atoms with E-state index in [0.29, 0.717) is 17.7 Å². The van der Waals surface area contributed by atoms with Gasteiger partial charge in [-0.2, -0.15) is 5.10 Å². The molecule has 5 heteroatoms. The van der Waals surface area contributed by atoms with E-state index in [2.05, 4.69) is 42.8 Å². The number of aromatic nitrogens is 4. The highest BCUT2D eigenvalue weighted by Crippen LogP contribution is 2.26. The summed E-state index contributed by atoms with van der Waals surface area (Å²) in [6.45, 7) is 8.38. The van der Waals surface area contributed by atoms with Gasteiger partial charge in [0.2, 0.25) is 0 Å². The molecule has 0 saturated carbocycles. The van der Waals surface area contributed by atoms with Gasteiger partial charge in [0.05, 0.1) is 5.69 Å². The average Bonchev–Trinajstić information content (AvgIpc) is 2.58. The quantitative estimate of drug-likeness (QED) is 0.838. The molecular formula is C11H17N5. The van der Waals surface area contributed by atoms with Gasteiger partial charge in [-0.25, -0.2) is 14.5 Å². The first-order valence-electron chi connectivity index (χ1n) is 5.51. The number of anilines is 1.